The van der Waals surface area contributed by atoms with E-state index in [1.807, 2.05) is 0 Å². The number of rotatable bonds is 3. The zero-order valence-electron chi connectivity index (χ0n) is 8.79. The monoisotopic (exact) mass is 208 g/mol. The van der Waals surface area contributed by atoms with E-state index in [0.717, 1.165) is 5.56 Å². The minimum atomic E-state index is -0.346. The van der Waals surface area contributed by atoms with Crippen LogP contribution in [0.3, 0.4) is 0 Å². The maximum Gasteiger partial charge on any atom is 0.333 e. The molecule has 0 saturated heterocycles. The highest BCUT2D eigenvalue weighted by atomic mass is 19.1. The largest absolute Gasteiger partial charge is 0.463 e. The molecule has 1 aromatic rings. The van der Waals surface area contributed by atoms with Crippen LogP contribution in [0.25, 0.3) is 6.08 Å². The Labute approximate surface area is 88.4 Å². The predicted octanol–water partition coefficient (Wildman–Crippen LogP) is 2.79. The van der Waals surface area contributed by atoms with Crippen molar-refractivity contribution in [1.82, 2.24) is 0 Å². The second kappa shape index (κ2) is 5.29. The van der Waals surface area contributed by atoms with Gasteiger partial charge in [0.25, 0.3) is 0 Å². The first-order valence-corrected chi connectivity index (χ1v) is 4.74. The molecule has 0 atom stereocenters. The Balaban J connectivity index is 2.78. The van der Waals surface area contributed by atoms with Crippen molar-refractivity contribution in [2.75, 3.05) is 6.61 Å². The summed E-state index contributed by atoms with van der Waals surface area (Å²) in [6, 6.07) is 5.92. The number of hydrogen-bond donors (Lipinski definition) is 0. The Morgan fingerprint density at radius 2 is 2.00 bits per heavy atom. The molecule has 0 fully saturated rings. The summed E-state index contributed by atoms with van der Waals surface area (Å²) in [6.07, 6.45) is 1.66. The highest BCUT2D eigenvalue weighted by molar-refractivity contribution is 5.92. The first kappa shape index (κ1) is 11.4. The average molecular weight is 208 g/mol. The number of hydrogen-bond acceptors (Lipinski definition) is 2. The number of carbonyl (C=O) groups is 1. The maximum absolute atomic E-state index is 12.6. The van der Waals surface area contributed by atoms with Crippen LogP contribution in [0.4, 0.5) is 4.39 Å². The number of ether oxygens (including phenoxy) is 1. The van der Waals surface area contributed by atoms with Gasteiger partial charge in [-0.05, 0) is 37.6 Å². The summed E-state index contributed by atoms with van der Waals surface area (Å²) in [6.45, 7) is 3.78. The molecule has 1 rings (SSSR count). The fourth-order valence-electron chi connectivity index (χ4n) is 1.11. The van der Waals surface area contributed by atoms with Crippen LogP contribution in [0.5, 0.6) is 0 Å². The molecule has 0 aromatic heterocycles. The second-order valence-electron chi connectivity index (χ2n) is 3.10. The van der Waals surface area contributed by atoms with E-state index in [1.54, 1.807) is 32.1 Å². The molecular weight excluding hydrogens is 195 g/mol. The van der Waals surface area contributed by atoms with Gasteiger partial charge in [-0.1, -0.05) is 12.1 Å². The molecule has 0 saturated carbocycles. The van der Waals surface area contributed by atoms with Crippen LogP contribution in [0.1, 0.15) is 19.4 Å². The van der Waals surface area contributed by atoms with Crippen molar-refractivity contribution in [2.45, 2.75) is 13.8 Å². The lowest BCUT2D eigenvalue weighted by Gasteiger charge is -2.01. The summed E-state index contributed by atoms with van der Waals surface area (Å²) < 4.78 is 17.4. The van der Waals surface area contributed by atoms with E-state index >= 15 is 0 Å². The first-order valence-electron chi connectivity index (χ1n) is 4.74. The van der Waals surface area contributed by atoms with Crippen LogP contribution >= 0.6 is 0 Å². The molecule has 3 heteroatoms. The van der Waals surface area contributed by atoms with E-state index in [2.05, 4.69) is 0 Å². The van der Waals surface area contributed by atoms with E-state index in [0.29, 0.717) is 12.2 Å². The molecule has 0 aliphatic heterocycles. The van der Waals surface area contributed by atoms with Crippen molar-refractivity contribution in [1.29, 1.82) is 0 Å². The molecular formula is C12H13FO2. The summed E-state index contributed by atoms with van der Waals surface area (Å²) in [5.41, 5.74) is 1.28. The van der Waals surface area contributed by atoms with Crippen LogP contribution in [0, 0.1) is 5.82 Å². The summed E-state index contributed by atoms with van der Waals surface area (Å²) in [5.74, 6) is -0.636. The van der Waals surface area contributed by atoms with Gasteiger partial charge >= 0.3 is 5.97 Å². The maximum atomic E-state index is 12.6. The zero-order valence-corrected chi connectivity index (χ0v) is 8.79. The Bertz CT molecular complexity index is 366. The minimum Gasteiger partial charge on any atom is -0.463 e. The van der Waals surface area contributed by atoms with Gasteiger partial charge in [0.15, 0.2) is 0 Å². The van der Waals surface area contributed by atoms with Crippen molar-refractivity contribution >= 4 is 12.0 Å². The van der Waals surface area contributed by atoms with Gasteiger partial charge in [-0.15, -0.1) is 0 Å². The van der Waals surface area contributed by atoms with Gasteiger partial charge in [-0.25, -0.2) is 9.18 Å². The predicted molar refractivity (Wildman–Crippen MR) is 56.7 cm³/mol. The molecule has 0 amide bonds. The van der Waals surface area contributed by atoms with Crippen molar-refractivity contribution in [2.24, 2.45) is 0 Å². The summed E-state index contributed by atoms with van der Waals surface area (Å²) >= 11 is 0. The van der Waals surface area contributed by atoms with Crippen LogP contribution < -0.4 is 0 Å². The van der Waals surface area contributed by atoms with Gasteiger partial charge in [0.05, 0.1) is 6.61 Å². The van der Waals surface area contributed by atoms with Gasteiger partial charge in [0.2, 0.25) is 0 Å². The fourth-order valence-corrected chi connectivity index (χ4v) is 1.11. The highest BCUT2D eigenvalue weighted by Crippen LogP contribution is 2.09. The molecule has 15 heavy (non-hydrogen) atoms. The normalized spacial score (nSPS) is 11.3. The molecule has 0 unspecified atom stereocenters. The summed E-state index contributed by atoms with van der Waals surface area (Å²) in [4.78, 5) is 11.2. The van der Waals surface area contributed by atoms with Crippen molar-refractivity contribution in [3.8, 4) is 0 Å². The van der Waals surface area contributed by atoms with E-state index in [-0.39, 0.29) is 11.8 Å². The van der Waals surface area contributed by atoms with Crippen molar-refractivity contribution in [3.63, 3.8) is 0 Å². The van der Waals surface area contributed by atoms with E-state index < -0.39 is 0 Å². The number of benzene rings is 1. The molecule has 0 heterocycles. The van der Waals surface area contributed by atoms with Gasteiger partial charge in [-0.3, -0.25) is 0 Å². The first-order chi connectivity index (χ1) is 7.13. The van der Waals surface area contributed by atoms with E-state index in [4.69, 9.17) is 4.74 Å². The Hall–Kier alpha value is -1.64. The zero-order chi connectivity index (χ0) is 11.3. The van der Waals surface area contributed by atoms with Gasteiger partial charge in [0.1, 0.15) is 5.82 Å². The van der Waals surface area contributed by atoms with Crippen LogP contribution in [0.15, 0.2) is 29.8 Å². The number of esters is 1. The SMILES string of the molecule is CCOC(=O)/C(C)=C/c1ccc(F)cc1. The second-order valence-corrected chi connectivity index (χ2v) is 3.10. The summed E-state index contributed by atoms with van der Waals surface area (Å²) in [5, 5.41) is 0. The Kier molecular flexibility index (Phi) is 4.03. The lowest BCUT2D eigenvalue weighted by Crippen LogP contribution is -2.04. The number of halogens is 1. The number of carbonyl (C=O) groups excluding carboxylic acids is 1. The Morgan fingerprint density at radius 3 is 2.53 bits per heavy atom. The third kappa shape index (κ3) is 3.54. The highest BCUT2D eigenvalue weighted by Gasteiger charge is 2.03. The molecule has 0 N–H and O–H groups in total. The molecule has 1 aromatic carbocycles. The minimum absolute atomic E-state index is 0.291. The lowest BCUT2D eigenvalue weighted by atomic mass is 10.1. The average Bonchev–Trinajstić information content (AvgIpc) is 2.22. The third-order valence-corrected chi connectivity index (χ3v) is 1.85. The van der Waals surface area contributed by atoms with Gasteiger partial charge < -0.3 is 4.74 Å². The van der Waals surface area contributed by atoms with Crippen LogP contribution in [-0.4, -0.2) is 12.6 Å². The van der Waals surface area contributed by atoms with Crippen molar-refractivity contribution in [3.05, 3.63) is 41.2 Å². The van der Waals surface area contributed by atoms with Crippen LogP contribution in [0.2, 0.25) is 0 Å². The molecule has 0 aliphatic rings. The molecule has 0 aliphatic carbocycles. The summed E-state index contributed by atoms with van der Waals surface area (Å²) in [7, 11) is 0. The molecule has 0 radical (unpaired) electrons. The molecule has 80 valence electrons. The Morgan fingerprint density at radius 1 is 1.40 bits per heavy atom. The topological polar surface area (TPSA) is 26.3 Å². The molecule has 0 bridgehead atoms. The molecule has 2 nitrogen and oxygen atoms in total. The quantitative estimate of drug-likeness (QED) is 0.564. The fraction of sp³-hybridized carbons (Fsp3) is 0.250. The van der Waals surface area contributed by atoms with E-state index in [1.165, 1.54) is 12.1 Å². The van der Waals surface area contributed by atoms with Crippen LogP contribution in [-0.2, 0) is 9.53 Å². The standard InChI is InChI=1S/C12H13FO2/c1-3-15-12(14)9(2)8-10-4-6-11(13)7-5-10/h4-8H,3H2,1-2H3/b9-8+. The third-order valence-electron chi connectivity index (χ3n) is 1.85. The van der Waals surface area contributed by atoms with Crippen molar-refractivity contribution < 1.29 is 13.9 Å². The van der Waals surface area contributed by atoms with Gasteiger partial charge in [-0.2, -0.15) is 0 Å². The lowest BCUT2D eigenvalue weighted by molar-refractivity contribution is -0.138. The smallest absolute Gasteiger partial charge is 0.333 e. The van der Waals surface area contributed by atoms with E-state index in [9.17, 15) is 9.18 Å². The molecule has 0 spiro atoms. The van der Waals surface area contributed by atoms with Gasteiger partial charge in [0, 0.05) is 5.57 Å².